The Kier molecular flexibility index (Phi) is 8.21. The number of rotatable bonds is 4. The number of alkyl halides is 6. The third-order valence-electron chi connectivity index (χ3n) is 7.25. The smallest absolute Gasteiger partial charge is 0.416 e. The second-order valence-corrected chi connectivity index (χ2v) is 10.3. The van der Waals surface area contributed by atoms with Crippen molar-refractivity contribution < 1.29 is 40.7 Å². The molecule has 0 saturated carbocycles. The number of hydrogen-bond acceptors (Lipinski definition) is 6. The molecule has 43 heavy (non-hydrogen) atoms. The normalized spacial score (nSPS) is 16.3. The molecule has 228 valence electrons. The lowest BCUT2D eigenvalue weighted by Crippen LogP contribution is -2.48. The molecule has 0 N–H and O–H groups in total. The minimum absolute atomic E-state index is 0.0128. The lowest BCUT2D eigenvalue weighted by molar-refractivity contribution is -0.143. The average molecular weight is 608 g/mol. The predicted octanol–water partition coefficient (Wildman–Crippen LogP) is 5.27. The van der Waals surface area contributed by atoms with Gasteiger partial charge < -0.3 is 19.4 Å². The first-order valence-corrected chi connectivity index (χ1v) is 13.5. The average Bonchev–Trinajstić information content (AvgIpc) is 2.96. The van der Waals surface area contributed by atoms with Gasteiger partial charge >= 0.3 is 12.4 Å². The molecule has 0 bridgehead atoms. The molecular weight excluding hydrogens is 580 g/mol. The lowest BCUT2D eigenvalue weighted by atomic mass is 10.0. The van der Waals surface area contributed by atoms with E-state index in [2.05, 4.69) is 4.98 Å². The van der Waals surface area contributed by atoms with Gasteiger partial charge in [0.15, 0.2) is 0 Å². The Hall–Kier alpha value is -4.36. The Morgan fingerprint density at radius 3 is 2.09 bits per heavy atom. The number of halogens is 6. The zero-order valence-corrected chi connectivity index (χ0v) is 23.0. The van der Waals surface area contributed by atoms with Crippen molar-refractivity contribution in [1.82, 2.24) is 19.8 Å². The molecule has 0 atom stereocenters. The van der Waals surface area contributed by atoms with Crippen molar-refractivity contribution in [3.63, 3.8) is 0 Å². The van der Waals surface area contributed by atoms with Crippen LogP contribution in [0.2, 0.25) is 0 Å². The first-order chi connectivity index (χ1) is 20.3. The van der Waals surface area contributed by atoms with Gasteiger partial charge in [0, 0.05) is 51.8 Å². The Bertz CT molecular complexity index is 1470. The van der Waals surface area contributed by atoms with Crippen LogP contribution < -0.4 is 9.64 Å². The largest absolute Gasteiger partial charge is 0.477 e. The van der Waals surface area contributed by atoms with Crippen molar-refractivity contribution in [3.8, 4) is 17.1 Å². The monoisotopic (exact) mass is 607 g/mol. The number of benzene rings is 2. The van der Waals surface area contributed by atoms with Gasteiger partial charge in [-0.3, -0.25) is 9.59 Å². The maximum absolute atomic E-state index is 14.0. The van der Waals surface area contributed by atoms with Gasteiger partial charge in [0.25, 0.3) is 5.91 Å². The van der Waals surface area contributed by atoms with E-state index < -0.39 is 35.9 Å². The molecule has 0 aliphatic carbocycles. The van der Waals surface area contributed by atoms with Crippen LogP contribution in [0.5, 0.6) is 5.88 Å². The van der Waals surface area contributed by atoms with E-state index in [1.165, 1.54) is 11.8 Å². The summed E-state index contributed by atoms with van der Waals surface area (Å²) in [4.78, 5) is 39.8. The highest BCUT2D eigenvalue weighted by atomic mass is 19.4. The number of piperazine rings is 1. The van der Waals surface area contributed by atoms with E-state index in [9.17, 15) is 35.9 Å². The summed E-state index contributed by atoms with van der Waals surface area (Å²) < 4.78 is 86.9. The molecule has 0 unspecified atom stereocenters. The summed E-state index contributed by atoms with van der Waals surface area (Å²) in [5.41, 5.74) is -2.51. The van der Waals surface area contributed by atoms with E-state index in [1.807, 2.05) is 4.90 Å². The number of carbonyl (C=O) groups is 2. The van der Waals surface area contributed by atoms with E-state index in [-0.39, 0.29) is 60.2 Å². The maximum atomic E-state index is 14.0. The zero-order valence-electron chi connectivity index (χ0n) is 23.0. The minimum atomic E-state index is -5.02. The van der Waals surface area contributed by atoms with E-state index in [1.54, 1.807) is 35.2 Å². The summed E-state index contributed by atoms with van der Waals surface area (Å²) >= 11 is 0. The fourth-order valence-corrected chi connectivity index (χ4v) is 5.06. The molecule has 1 aromatic heterocycles. The number of hydrogen-bond donors (Lipinski definition) is 0. The molecule has 0 spiro atoms. The Morgan fingerprint density at radius 1 is 0.884 bits per heavy atom. The zero-order chi connectivity index (χ0) is 30.9. The summed E-state index contributed by atoms with van der Waals surface area (Å²) in [5.74, 6) is -0.505. The van der Waals surface area contributed by atoms with Crippen molar-refractivity contribution in [3.05, 3.63) is 70.8 Å². The van der Waals surface area contributed by atoms with Crippen LogP contribution in [-0.4, -0.2) is 70.9 Å². The molecule has 2 aromatic carbocycles. The maximum Gasteiger partial charge on any atom is 0.416 e. The minimum Gasteiger partial charge on any atom is -0.477 e. The first-order valence-electron chi connectivity index (χ1n) is 13.5. The lowest BCUT2D eigenvalue weighted by Gasteiger charge is -2.35. The van der Waals surface area contributed by atoms with Crippen molar-refractivity contribution in [1.29, 1.82) is 0 Å². The molecule has 1 saturated heterocycles. The van der Waals surface area contributed by atoms with Crippen molar-refractivity contribution in [2.75, 3.05) is 44.2 Å². The summed E-state index contributed by atoms with van der Waals surface area (Å²) in [5, 5.41) is 0. The molecule has 3 heterocycles. The molecule has 14 heteroatoms. The van der Waals surface area contributed by atoms with Crippen LogP contribution in [0.4, 0.5) is 32.3 Å². The van der Waals surface area contributed by atoms with E-state index in [0.29, 0.717) is 43.9 Å². The molecule has 8 nitrogen and oxygen atoms in total. The van der Waals surface area contributed by atoms with Gasteiger partial charge in [0.05, 0.1) is 23.4 Å². The Morgan fingerprint density at radius 2 is 1.51 bits per heavy atom. The Labute approximate surface area is 242 Å². The fraction of sp³-hybridized carbons (Fsp3) is 0.379. The van der Waals surface area contributed by atoms with Crippen LogP contribution in [0.15, 0.2) is 48.5 Å². The van der Waals surface area contributed by atoms with Gasteiger partial charge in [-0.25, -0.2) is 4.98 Å². The van der Waals surface area contributed by atoms with Gasteiger partial charge in [-0.1, -0.05) is 30.3 Å². The molecule has 2 aliphatic heterocycles. The van der Waals surface area contributed by atoms with Crippen LogP contribution in [0.3, 0.4) is 0 Å². The number of aromatic nitrogens is 2. The number of anilines is 1. The van der Waals surface area contributed by atoms with Crippen LogP contribution in [-0.2, 0) is 23.7 Å². The van der Waals surface area contributed by atoms with Crippen LogP contribution >= 0.6 is 0 Å². The van der Waals surface area contributed by atoms with Gasteiger partial charge in [0.1, 0.15) is 5.56 Å². The fourth-order valence-electron chi connectivity index (χ4n) is 5.06. The third-order valence-corrected chi connectivity index (χ3v) is 7.25. The summed E-state index contributed by atoms with van der Waals surface area (Å²) in [6.45, 7) is 2.85. The Balaban J connectivity index is 1.55. The quantitative estimate of drug-likeness (QED) is 0.376. The molecule has 3 aromatic rings. The number of carbonyl (C=O) groups excluding carboxylic acids is 2. The molecule has 2 aliphatic rings. The number of nitrogens with zero attached hydrogens (tertiary/aromatic N) is 5. The molecule has 5 rings (SSSR count). The highest BCUT2D eigenvalue weighted by Gasteiger charge is 2.38. The second kappa shape index (κ2) is 11.7. The standard InChI is InChI=1S/C29H27F6N5O3/c1-18(41)38-9-11-39(12-10-38)27-36-24(20-6-3-2-4-7-20)23-25(37-27)43-13-5-8-40(26(23)42)17-19-14-21(28(30,31)32)16-22(15-19)29(33,34)35/h2-4,6-7,14-16H,5,8-13,17H2,1H3. The summed E-state index contributed by atoms with van der Waals surface area (Å²) in [6, 6.07) is 9.99. The van der Waals surface area contributed by atoms with Crippen molar-refractivity contribution in [2.45, 2.75) is 32.2 Å². The van der Waals surface area contributed by atoms with E-state index in [4.69, 9.17) is 9.72 Å². The molecule has 0 radical (unpaired) electrons. The predicted molar refractivity (Wildman–Crippen MR) is 143 cm³/mol. The molecule has 2 amide bonds. The van der Waals surface area contributed by atoms with E-state index >= 15 is 0 Å². The van der Waals surface area contributed by atoms with Crippen LogP contribution in [0, 0.1) is 0 Å². The van der Waals surface area contributed by atoms with E-state index in [0.717, 1.165) is 0 Å². The number of amides is 2. The van der Waals surface area contributed by atoms with Crippen molar-refractivity contribution in [2.24, 2.45) is 0 Å². The molecular formula is C29H27F6N5O3. The van der Waals surface area contributed by atoms with Crippen molar-refractivity contribution >= 4 is 17.8 Å². The number of ether oxygens (including phenoxy) is 1. The van der Waals surface area contributed by atoms with Gasteiger partial charge in [-0.2, -0.15) is 31.3 Å². The molecule has 1 fully saturated rings. The van der Waals surface area contributed by atoms with Gasteiger partial charge in [-0.15, -0.1) is 0 Å². The topological polar surface area (TPSA) is 78.9 Å². The summed E-state index contributed by atoms with van der Waals surface area (Å²) in [6.07, 6.45) is -9.78. The highest BCUT2D eigenvalue weighted by Crippen LogP contribution is 2.38. The third kappa shape index (κ3) is 6.67. The first kappa shape index (κ1) is 30.1. The second-order valence-electron chi connectivity index (χ2n) is 10.3. The summed E-state index contributed by atoms with van der Waals surface area (Å²) in [7, 11) is 0. The van der Waals surface area contributed by atoms with Crippen LogP contribution in [0.1, 0.15) is 40.4 Å². The van der Waals surface area contributed by atoms with Crippen LogP contribution in [0.25, 0.3) is 11.3 Å². The number of fused-ring (bicyclic) bond motifs is 1. The SMILES string of the molecule is CC(=O)N1CCN(c2nc3c(c(-c4ccccc4)n2)C(=O)N(Cc2cc(C(F)(F)F)cc(C(F)(F)F)c2)CCCO3)CC1. The van der Waals surface area contributed by atoms with Gasteiger partial charge in [-0.05, 0) is 30.2 Å². The van der Waals surface area contributed by atoms with Gasteiger partial charge in [0.2, 0.25) is 17.7 Å². The highest BCUT2D eigenvalue weighted by molar-refractivity contribution is 6.02.